The van der Waals surface area contributed by atoms with Crippen molar-refractivity contribution < 1.29 is 13.2 Å². The zero-order valence-corrected chi connectivity index (χ0v) is 7.80. The van der Waals surface area contributed by atoms with E-state index in [1.54, 1.807) is 0 Å². The molecular weight excluding hydrogens is 226 g/mol. The molecule has 0 aromatic heterocycles. The van der Waals surface area contributed by atoms with E-state index in [0.717, 1.165) is 6.07 Å². The second-order valence-corrected chi connectivity index (χ2v) is 2.58. The molecule has 6 heteroatoms. The molecule has 0 aliphatic rings. The summed E-state index contributed by atoms with van der Waals surface area (Å²) in [6.45, 7) is 0. The topological polar surface area (TPSA) is 26.0 Å². The minimum Gasteiger partial charge on any atom is -0.398 e. The van der Waals surface area contributed by atoms with E-state index < -0.39 is 16.8 Å². The van der Waals surface area contributed by atoms with Gasteiger partial charge in [-0.2, -0.15) is 13.2 Å². The molecule has 0 aliphatic carbocycles. The van der Waals surface area contributed by atoms with Crippen LogP contribution < -0.4 is 5.73 Å². The van der Waals surface area contributed by atoms with Crippen LogP contribution in [-0.2, 0) is 6.18 Å². The molecule has 0 spiro atoms. The molecule has 0 amide bonds. The third kappa shape index (κ3) is 2.67. The van der Waals surface area contributed by atoms with Gasteiger partial charge in [0.25, 0.3) is 0 Å². The van der Waals surface area contributed by atoms with E-state index in [9.17, 15) is 13.2 Å². The molecular formula is C7H6Cl2F3N. The summed E-state index contributed by atoms with van der Waals surface area (Å²) in [5.41, 5.74) is 4.22. The Kier molecular flexibility index (Phi) is 3.88. The highest BCUT2D eigenvalue weighted by molar-refractivity contribution is 6.33. The summed E-state index contributed by atoms with van der Waals surface area (Å²) in [5.74, 6) is 0. The highest BCUT2D eigenvalue weighted by Gasteiger charge is 2.33. The number of halogens is 5. The van der Waals surface area contributed by atoms with Gasteiger partial charge in [0.15, 0.2) is 0 Å². The number of anilines is 1. The zero-order chi connectivity index (χ0) is 9.35. The predicted octanol–water partition coefficient (Wildman–Crippen LogP) is 3.36. The fourth-order valence-electron chi connectivity index (χ4n) is 0.769. The Morgan fingerprint density at radius 1 is 1.23 bits per heavy atom. The maximum atomic E-state index is 12.1. The van der Waals surface area contributed by atoms with Crippen molar-refractivity contribution in [3.05, 3.63) is 28.8 Å². The van der Waals surface area contributed by atoms with Crippen LogP contribution in [0.15, 0.2) is 18.2 Å². The van der Waals surface area contributed by atoms with Crippen molar-refractivity contribution in [3.63, 3.8) is 0 Å². The number of rotatable bonds is 0. The Hall–Kier alpha value is -0.610. The van der Waals surface area contributed by atoms with E-state index in [0.29, 0.717) is 0 Å². The Balaban J connectivity index is 0.00000144. The van der Waals surface area contributed by atoms with E-state index in [1.165, 1.54) is 12.1 Å². The van der Waals surface area contributed by atoms with Gasteiger partial charge in [0.2, 0.25) is 0 Å². The Bertz CT molecular complexity index is 298. The lowest BCUT2D eigenvalue weighted by molar-refractivity contribution is -0.137. The smallest absolute Gasteiger partial charge is 0.398 e. The summed E-state index contributed by atoms with van der Waals surface area (Å²) < 4.78 is 36.3. The second-order valence-electron chi connectivity index (χ2n) is 2.21. The molecule has 13 heavy (non-hydrogen) atoms. The molecule has 0 saturated carbocycles. The van der Waals surface area contributed by atoms with Gasteiger partial charge in [-0.05, 0) is 12.1 Å². The van der Waals surface area contributed by atoms with Crippen molar-refractivity contribution in [2.45, 2.75) is 6.18 Å². The Morgan fingerprint density at radius 2 is 1.77 bits per heavy atom. The lowest BCUT2D eigenvalue weighted by Gasteiger charge is -2.09. The van der Waals surface area contributed by atoms with Crippen LogP contribution in [-0.4, -0.2) is 0 Å². The first-order chi connectivity index (χ1) is 5.43. The first kappa shape index (κ1) is 12.4. The van der Waals surface area contributed by atoms with E-state index in [1.807, 2.05) is 0 Å². The maximum Gasteiger partial charge on any atom is 0.417 e. The monoisotopic (exact) mass is 231 g/mol. The zero-order valence-electron chi connectivity index (χ0n) is 6.23. The summed E-state index contributed by atoms with van der Waals surface area (Å²) in [6.07, 6.45) is -4.44. The lowest BCUT2D eigenvalue weighted by Crippen LogP contribution is -2.06. The molecule has 0 atom stereocenters. The van der Waals surface area contributed by atoms with Gasteiger partial charge in [-0.3, -0.25) is 0 Å². The van der Waals surface area contributed by atoms with Crippen molar-refractivity contribution in [2.75, 3.05) is 5.73 Å². The SMILES string of the molecule is Cl.Nc1cccc(C(F)(F)F)c1Cl. The van der Waals surface area contributed by atoms with Gasteiger partial charge in [-0.15, -0.1) is 12.4 Å². The molecule has 0 saturated heterocycles. The summed E-state index contributed by atoms with van der Waals surface area (Å²) in [4.78, 5) is 0. The van der Waals surface area contributed by atoms with Crippen LogP contribution in [0.2, 0.25) is 5.02 Å². The Labute approximate surface area is 84.1 Å². The van der Waals surface area contributed by atoms with Crippen molar-refractivity contribution in [1.82, 2.24) is 0 Å². The number of hydrogen-bond donors (Lipinski definition) is 1. The third-order valence-corrected chi connectivity index (χ3v) is 1.76. The average Bonchev–Trinajstić information content (AvgIpc) is 1.92. The molecule has 0 bridgehead atoms. The number of nitrogen functional groups attached to an aromatic ring is 1. The number of hydrogen-bond acceptors (Lipinski definition) is 1. The minimum absolute atomic E-state index is 0. The summed E-state index contributed by atoms with van der Waals surface area (Å²) in [7, 11) is 0. The van der Waals surface area contributed by atoms with Crippen LogP contribution in [0.3, 0.4) is 0 Å². The predicted molar refractivity (Wildman–Crippen MR) is 48.1 cm³/mol. The van der Waals surface area contributed by atoms with Gasteiger partial charge >= 0.3 is 6.18 Å². The largest absolute Gasteiger partial charge is 0.417 e. The molecule has 1 rings (SSSR count). The Morgan fingerprint density at radius 3 is 2.15 bits per heavy atom. The summed E-state index contributed by atoms with van der Waals surface area (Å²) in [6, 6.07) is 3.42. The average molecular weight is 232 g/mol. The normalized spacial score (nSPS) is 10.8. The van der Waals surface area contributed by atoms with Crippen LogP contribution in [0.25, 0.3) is 0 Å². The van der Waals surface area contributed by atoms with Crippen molar-refractivity contribution in [1.29, 1.82) is 0 Å². The van der Waals surface area contributed by atoms with Crippen LogP contribution in [0, 0.1) is 0 Å². The lowest BCUT2D eigenvalue weighted by atomic mass is 10.2. The van der Waals surface area contributed by atoms with E-state index in [2.05, 4.69) is 0 Å². The first-order valence-corrected chi connectivity index (χ1v) is 3.42. The van der Waals surface area contributed by atoms with Gasteiger partial charge in [-0.1, -0.05) is 17.7 Å². The van der Waals surface area contributed by atoms with Crippen molar-refractivity contribution in [2.24, 2.45) is 0 Å². The highest BCUT2D eigenvalue weighted by atomic mass is 35.5. The molecule has 0 unspecified atom stereocenters. The molecule has 74 valence electrons. The molecule has 0 heterocycles. The molecule has 1 nitrogen and oxygen atoms in total. The summed E-state index contributed by atoms with van der Waals surface area (Å²) in [5, 5.41) is -0.440. The van der Waals surface area contributed by atoms with Gasteiger partial charge in [-0.25, -0.2) is 0 Å². The number of alkyl halides is 3. The van der Waals surface area contributed by atoms with Gasteiger partial charge in [0.1, 0.15) is 0 Å². The van der Waals surface area contributed by atoms with Gasteiger partial charge < -0.3 is 5.73 Å². The molecule has 1 aromatic rings. The summed E-state index contributed by atoms with van der Waals surface area (Å²) >= 11 is 5.33. The molecule has 2 N–H and O–H groups in total. The van der Waals surface area contributed by atoms with Gasteiger partial charge in [0.05, 0.1) is 16.3 Å². The first-order valence-electron chi connectivity index (χ1n) is 3.04. The minimum atomic E-state index is -4.44. The number of benzene rings is 1. The van der Waals surface area contributed by atoms with E-state index in [4.69, 9.17) is 17.3 Å². The second kappa shape index (κ2) is 4.07. The van der Waals surface area contributed by atoms with E-state index >= 15 is 0 Å². The van der Waals surface area contributed by atoms with Crippen LogP contribution in [0.5, 0.6) is 0 Å². The quantitative estimate of drug-likeness (QED) is 0.682. The highest BCUT2D eigenvalue weighted by Crippen LogP contribution is 2.36. The third-order valence-electron chi connectivity index (χ3n) is 1.33. The molecule has 0 fully saturated rings. The van der Waals surface area contributed by atoms with Crippen molar-refractivity contribution >= 4 is 29.7 Å². The van der Waals surface area contributed by atoms with Gasteiger partial charge in [0, 0.05) is 0 Å². The molecule has 1 aromatic carbocycles. The molecule has 0 radical (unpaired) electrons. The van der Waals surface area contributed by atoms with Crippen LogP contribution >= 0.6 is 24.0 Å². The van der Waals surface area contributed by atoms with E-state index in [-0.39, 0.29) is 18.1 Å². The fraction of sp³-hybridized carbons (Fsp3) is 0.143. The maximum absolute atomic E-state index is 12.1. The van der Waals surface area contributed by atoms with Crippen molar-refractivity contribution in [3.8, 4) is 0 Å². The fourth-order valence-corrected chi connectivity index (χ4v) is 1.00. The van der Waals surface area contributed by atoms with Crippen LogP contribution in [0.1, 0.15) is 5.56 Å². The molecule has 0 aliphatic heterocycles. The standard InChI is InChI=1S/C7H5ClF3N.ClH/c8-6-4(7(9,10)11)2-1-3-5(6)12;/h1-3H,12H2;1H. The van der Waals surface area contributed by atoms with Crippen LogP contribution in [0.4, 0.5) is 18.9 Å². The number of nitrogens with two attached hydrogens (primary N) is 1.